The topological polar surface area (TPSA) is 85.1 Å². The molecule has 0 amide bonds. The first-order chi connectivity index (χ1) is 16.5. The van der Waals surface area contributed by atoms with Crippen molar-refractivity contribution in [1.29, 1.82) is 0 Å². The second-order valence-corrected chi connectivity index (χ2v) is 9.41. The number of Topliss-reactive ketones (excluding diaryl/α,β-unsaturated/α-hetero) is 1. The molecule has 6 heteroatoms. The van der Waals surface area contributed by atoms with Crippen molar-refractivity contribution in [3.8, 4) is 11.1 Å². The van der Waals surface area contributed by atoms with Crippen LogP contribution < -0.4 is 0 Å². The lowest BCUT2D eigenvalue weighted by molar-refractivity contribution is 0.0697. The molecule has 6 nitrogen and oxygen atoms in total. The van der Waals surface area contributed by atoms with Gasteiger partial charge in [0.05, 0.1) is 12.1 Å². The highest BCUT2D eigenvalue weighted by molar-refractivity contribution is 5.96. The van der Waals surface area contributed by atoms with Crippen LogP contribution in [0.15, 0.2) is 54.9 Å². The van der Waals surface area contributed by atoms with Crippen LogP contribution >= 0.6 is 0 Å². The van der Waals surface area contributed by atoms with Crippen LogP contribution in [-0.2, 0) is 6.54 Å². The van der Waals surface area contributed by atoms with Crippen LogP contribution in [0.2, 0.25) is 0 Å². The van der Waals surface area contributed by atoms with Gasteiger partial charge in [-0.25, -0.2) is 14.5 Å². The molecule has 0 spiro atoms. The van der Waals surface area contributed by atoms with Gasteiger partial charge < -0.3 is 5.11 Å². The fourth-order valence-electron chi connectivity index (χ4n) is 5.06. The summed E-state index contributed by atoms with van der Waals surface area (Å²) in [6.07, 6.45) is 10.7. The number of aromatic nitrogens is 3. The van der Waals surface area contributed by atoms with Crippen molar-refractivity contribution < 1.29 is 14.7 Å². The standard InChI is InChI=1S/C28H33N3O3/c1-2-3-5-9-20-10-8-13-23(16-20)26(32)27-29-19-31(30-27)18-21-14-15-24(25(17-21)28(33)34)22-11-6-4-7-12-22/h4,6-7,11-12,14-15,17,19-20,23H,2-3,5,8-10,13,16,18H2,1H3,(H,33,34). The van der Waals surface area contributed by atoms with E-state index in [1.807, 2.05) is 42.5 Å². The van der Waals surface area contributed by atoms with Gasteiger partial charge in [-0.2, -0.15) is 0 Å². The maximum atomic E-state index is 13.1. The van der Waals surface area contributed by atoms with Crippen molar-refractivity contribution in [2.75, 3.05) is 0 Å². The Morgan fingerprint density at radius 2 is 1.91 bits per heavy atom. The maximum Gasteiger partial charge on any atom is 0.336 e. The Morgan fingerprint density at radius 1 is 1.09 bits per heavy atom. The highest BCUT2D eigenvalue weighted by Gasteiger charge is 2.29. The molecule has 2 unspecified atom stereocenters. The fraction of sp³-hybridized carbons (Fsp3) is 0.429. The first kappa shape index (κ1) is 23.9. The van der Waals surface area contributed by atoms with Gasteiger partial charge in [0, 0.05) is 5.92 Å². The third kappa shape index (κ3) is 5.79. The van der Waals surface area contributed by atoms with Gasteiger partial charge >= 0.3 is 5.97 Å². The molecular weight excluding hydrogens is 426 g/mol. The SMILES string of the molecule is CCCCCC1CCCC(C(=O)c2ncn(Cc3ccc(-c4ccccc4)c(C(=O)O)c3)n2)C1. The van der Waals surface area contributed by atoms with E-state index in [9.17, 15) is 14.7 Å². The minimum atomic E-state index is -0.971. The number of carboxylic acids is 1. The third-order valence-corrected chi connectivity index (χ3v) is 6.87. The first-order valence-electron chi connectivity index (χ1n) is 12.4. The molecule has 0 bridgehead atoms. The van der Waals surface area contributed by atoms with Crippen LogP contribution in [0.25, 0.3) is 11.1 Å². The van der Waals surface area contributed by atoms with Gasteiger partial charge in [0.2, 0.25) is 11.6 Å². The molecule has 178 valence electrons. The largest absolute Gasteiger partial charge is 0.478 e. The number of nitrogens with zero attached hydrogens (tertiary/aromatic N) is 3. The average Bonchev–Trinajstić information content (AvgIpc) is 3.33. The van der Waals surface area contributed by atoms with Gasteiger partial charge in [0.25, 0.3) is 0 Å². The van der Waals surface area contributed by atoms with Gasteiger partial charge in [-0.15, -0.1) is 5.10 Å². The number of carbonyl (C=O) groups excluding carboxylic acids is 1. The summed E-state index contributed by atoms with van der Waals surface area (Å²) in [6.45, 7) is 2.58. The molecule has 1 heterocycles. The fourth-order valence-corrected chi connectivity index (χ4v) is 5.06. The Bertz CT molecular complexity index is 1120. The Balaban J connectivity index is 1.44. The van der Waals surface area contributed by atoms with Crippen LogP contribution in [0.5, 0.6) is 0 Å². The molecule has 1 aliphatic rings. The number of unbranched alkanes of at least 4 members (excludes halogenated alkanes) is 2. The van der Waals surface area contributed by atoms with Gasteiger partial charge in [0.15, 0.2) is 0 Å². The number of hydrogen-bond acceptors (Lipinski definition) is 4. The Hall–Kier alpha value is -3.28. The molecule has 2 aromatic carbocycles. The summed E-state index contributed by atoms with van der Waals surface area (Å²) in [5.41, 5.74) is 2.59. The first-order valence-corrected chi connectivity index (χ1v) is 12.4. The van der Waals surface area contributed by atoms with Crippen molar-refractivity contribution in [3.05, 3.63) is 71.8 Å². The lowest BCUT2D eigenvalue weighted by Crippen LogP contribution is -2.24. The van der Waals surface area contributed by atoms with Crippen molar-refractivity contribution >= 4 is 11.8 Å². The van der Waals surface area contributed by atoms with E-state index in [4.69, 9.17) is 0 Å². The van der Waals surface area contributed by atoms with E-state index in [-0.39, 0.29) is 23.1 Å². The van der Waals surface area contributed by atoms with Crippen LogP contribution in [-0.4, -0.2) is 31.6 Å². The summed E-state index contributed by atoms with van der Waals surface area (Å²) >= 11 is 0. The third-order valence-electron chi connectivity index (χ3n) is 6.87. The summed E-state index contributed by atoms with van der Waals surface area (Å²) in [5, 5.41) is 14.2. The van der Waals surface area contributed by atoms with E-state index in [2.05, 4.69) is 17.0 Å². The van der Waals surface area contributed by atoms with Crippen molar-refractivity contribution in [2.24, 2.45) is 11.8 Å². The highest BCUT2D eigenvalue weighted by Crippen LogP contribution is 2.34. The van der Waals surface area contributed by atoms with E-state index in [0.29, 0.717) is 18.0 Å². The molecule has 0 radical (unpaired) electrons. The molecule has 2 atom stereocenters. The number of aromatic carboxylic acids is 1. The number of ketones is 1. The van der Waals surface area contributed by atoms with E-state index >= 15 is 0 Å². The summed E-state index contributed by atoms with van der Waals surface area (Å²) < 4.78 is 1.62. The molecule has 0 aliphatic heterocycles. The van der Waals surface area contributed by atoms with E-state index in [1.54, 1.807) is 17.1 Å². The van der Waals surface area contributed by atoms with Gasteiger partial charge in [-0.1, -0.05) is 87.9 Å². The molecule has 1 saturated carbocycles. The van der Waals surface area contributed by atoms with E-state index in [0.717, 1.165) is 30.4 Å². The van der Waals surface area contributed by atoms with Crippen LogP contribution in [0, 0.1) is 11.8 Å². The van der Waals surface area contributed by atoms with Gasteiger partial charge in [-0.05, 0) is 41.5 Å². The lowest BCUT2D eigenvalue weighted by Gasteiger charge is -2.27. The van der Waals surface area contributed by atoms with Crippen molar-refractivity contribution in [1.82, 2.24) is 14.8 Å². The molecule has 4 rings (SSSR count). The van der Waals surface area contributed by atoms with E-state index < -0.39 is 5.97 Å². The van der Waals surface area contributed by atoms with Gasteiger partial charge in [0.1, 0.15) is 6.33 Å². The number of rotatable bonds is 10. The number of benzene rings is 2. The van der Waals surface area contributed by atoms with Crippen molar-refractivity contribution in [2.45, 2.75) is 64.8 Å². The second-order valence-electron chi connectivity index (χ2n) is 9.41. The Labute approximate surface area is 201 Å². The molecule has 1 fully saturated rings. The molecule has 3 aromatic rings. The molecule has 1 N–H and O–H groups in total. The van der Waals surface area contributed by atoms with Gasteiger partial charge in [-0.3, -0.25) is 4.79 Å². The minimum Gasteiger partial charge on any atom is -0.478 e. The zero-order chi connectivity index (χ0) is 23.9. The summed E-state index contributed by atoms with van der Waals surface area (Å²) in [7, 11) is 0. The predicted molar refractivity (Wildman–Crippen MR) is 132 cm³/mol. The maximum absolute atomic E-state index is 13.1. The molecular formula is C28H33N3O3. The minimum absolute atomic E-state index is 0.0139. The van der Waals surface area contributed by atoms with Crippen molar-refractivity contribution in [3.63, 3.8) is 0 Å². The van der Waals surface area contributed by atoms with Crippen LogP contribution in [0.3, 0.4) is 0 Å². The van der Waals surface area contributed by atoms with Crippen LogP contribution in [0.4, 0.5) is 0 Å². The number of carbonyl (C=O) groups is 2. The number of carboxylic acid groups (broad SMARTS) is 1. The summed E-state index contributed by atoms with van der Waals surface area (Å²) in [6, 6.07) is 14.9. The molecule has 0 saturated heterocycles. The molecule has 34 heavy (non-hydrogen) atoms. The van der Waals surface area contributed by atoms with E-state index in [1.165, 1.54) is 32.1 Å². The Morgan fingerprint density at radius 3 is 2.68 bits per heavy atom. The molecule has 1 aromatic heterocycles. The second kappa shape index (κ2) is 11.2. The number of hydrogen-bond donors (Lipinski definition) is 1. The summed E-state index contributed by atoms with van der Waals surface area (Å²) in [4.78, 5) is 29.3. The normalized spacial score (nSPS) is 18.0. The highest BCUT2D eigenvalue weighted by atomic mass is 16.4. The molecule has 1 aliphatic carbocycles. The lowest BCUT2D eigenvalue weighted by atomic mass is 9.77. The summed E-state index contributed by atoms with van der Waals surface area (Å²) in [5.74, 6) is -0.00184. The Kier molecular flexibility index (Phi) is 7.88. The average molecular weight is 460 g/mol. The van der Waals surface area contributed by atoms with Crippen LogP contribution in [0.1, 0.15) is 84.8 Å². The smallest absolute Gasteiger partial charge is 0.336 e. The quantitative estimate of drug-likeness (QED) is 0.286. The predicted octanol–water partition coefficient (Wildman–Crippen LogP) is 6.26. The zero-order valence-electron chi connectivity index (χ0n) is 19.8. The monoisotopic (exact) mass is 459 g/mol. The zero-order valence-corrected chi connectivity index (χ0v) is 19.8.